The first-order valence-corrected chi connectivity index (χ1v) is 10.9. The van der Waals surface area contributed by atoms with Gasteiger partial charge < -0.3 is 15.2 Å². The van der Waals surface area contributed by atoms with Crippen molar-refractivity contribution in [1.82, 2.24) is 5.32 Å². The molecule has 0 radical (unpaired) electrons. The maximum absolute atomic E-state index is 13.0. The lowest BCUT2D eigenvalue weighted by Crippen LogP contribution is -2.49. The smallest absolute Gasteiger partial charge is 0.416 e. The molecule has 0 fully saturated rings. The second-order valence-corrected chi connectivity index (χ2v) is 9.77. The molecule has 1 amide bonds. The van der Waals surface area contributed by atoms with Crippen molar-refractivity contribution in [2.45, 2.75) is 44.8 Å². The highest BCUT2D eigenvalue weighted by molar-refractivity contribution is 8.03. The molecule has 9 heteroatoms. The van der Waals surface area contributed by atoms with Crippen molar-refractivity contribution in [2.75, 3.05) is 0 Å². The first-order chi connectivity index (χ1) is 14.9. The number of ether oxygens (including phenoxy) is 1. The predicted octanol–water partition coefficient (Wildman–Crippen LogP) is 4.91. The number of alkyl halides is 3. The minimum Gasteiger partial charge on any atom is -0.492 e. The first kappa shape index (κ1) is 24.0. The number of aliphatic carboxylic acids is 1. The van der Waals surface area contributed by atoms with Gasteiger partial charge in [-0.1, -0.05) is 45.1 Å². The SMILES string of the molecule is CC(C)(C)[C@H](NC(=O)C1=C(OCc2ccc(C(F)(F)F)cc2)C2C=CSC2C=C1)C(=O)O. The average Bonchev–Trinajstić information content (AvgIpc) is 3.17. The van der Waals surface area contributed by atoms with Crippen molar-refractivity contribution >= 4 is 23.6 Å². The molecule has 1 aliphatic carbocycles. The van der Waals surface area contributed by atoms with Gasteiger partial charge in [-0.3, -0.25) is 4.79 Å². The molecule has 5 nitrogen and oxygen atoms in total. The van der Waals surface area contributed by atoms with Gasteiger partial charge in [-0.15, -0.1) is 11.8 Å². The third-order valence-corrected chi connectivity index (χ3v) is 6.28. The molecule has 1 aromatic carbocycles. The highest BCUT2D eigenvalue weighted by Crippen LogP contribution is 2.41. The molecule has 0 saturated heterocycles. The zero-order valence-corrected chi connectivity index (χ0v) is 18.6. The standard InChI is InChI=1S/C23H24F3NO4S/c1-22(2,3)19(21(29)30)27-20(28)16-8-9-17-15(10-11-32-17)18(16)31-12-13-4-6-14(7-5-13)23(24,25)26/h4-11,15,17,19H,12H2,1-3H3,(H,27,28)(H,29,30)/t15?,17?,19-/m1/s1. The summed E-state index contributed by atoms with van der Waals surface area (Å²) in [6.07, 6.45) is 0.947. The van der Waals surface area contributed by atoms with E-state index in [-0.39, 0.29) is 23.3 Å². The van der Waals surface area contributed by atoms with Crippen LogP contribution in [-0.4, -0.2) is 28.3 Å². The highest BCUT2D eigenvalue weighted by Gasteiger charge is 2.37. The van der Waals surface area contributed by atoms with Gasteiger partial charge in [0.25, 0.3) is 5.91 Å². The molecular formula is C23H24F3NO4S. The van der Waals surface area contributed by atoms with E-state index in [0.717, 1.165) is 12.1 Å². The summed E-state index contributed by atoms with van der Waals surface area (Å²) in [7, 11) is 0. The fourth-order valence-corrected chi connectivity index (χ4v) is 4.43. The Kier molecular flexibility index (Phi) is 6.78. The maximum atomic E-state index is 13.0. The average molecular weight is 468 g/mol. The quantitative estimate of drug-likeness (QED) is 0.622. The van der Waals surface area contributed by atoms with Crippen LogP contribution in [0.5, 0.6) is 0 Å². The van der Waals surface area contributed by atoms with E-state index in [1.807, 2.05) is 17.6 Å². The van der Waals surface area contributed by atoms with E-state index in [9.17, 15) is 27.9 Å². The van der Waals surface area contributed by atoms with Crippen molar-refractivity contribution in [3.63, 3.8) is 0 Å². The topological polar surface area (TPSA) is 75.6 Å². The van der Waals surface area contributed by atoms with Crippen LogP contribution in [-0.2, 0) is 27.1 Å². The summed E-state index contributed by atoms with van der Waals surface area (Å²) in [4.78, 5) is 24.7. The minimum absolute atomic E-state index is 0.0263. The number of nitrogens with one attached hydrogen (secondary N) is 1. The Hall–Kier alpha value is -2.68. The van der Waals surface area contributed by atoms with Gasteiger partial charge in [0.05, 0.1) is 17.1 Å². The van der Waals surface area contributed by atoms with Gasteiger partial charge in [0.1, 0.15) is 18.4 Å². The van der Waals surface area contributed by atoms with E-state index < -0.39 is 35.1 Å². The molecule has 0 bridgehead atoms. The molecular weight excluding hydrogens is 443 g/mol. The van der Waals surface area contributed by atoms with E-state index in [2.05, 4.69) is 5.32 Å². The fraction of sp³-hybridized carbons (Fsp3) is 0.391. The number of hydrogen-bond acceptors (Lipinski definition) is 4. The van der Waals surface area contributed by atoms with E-state index >= 15 is 0 Å². The number of benzene rings is 1. The van der Waals surface area contributed by atoms with E-state index in [4.69, 9.17) is 4.74 Å². The Morgan fingerprint density at radius 1 is 1.16 bits per heavy atom. The summed E-state index contributed by atoms with van der Waals surface area (Å²) >= 11 is 1.56. The zero-order chi connectivity index (χ0) is 23.7. The first-order valence-electron chi connectivity index (χ1n) is 9.95. The van der Waals surface area contributed by atoms with Crippen LogP contribution in [0.1, 0.15) is 31.9 Å². The Labute approximate surface area is 188 Å². The molecule has 0 saturated carbocycles. The lowest BCUT2D eigenvalue weighted by Gasteiger charge is -2.30. The summed E-state index contributed by atoms with van der Waals surface area (Å²) in [5.41, 5.74) is -0.740. The molecule has 0 spiro atoms. The van der Waals surface area contributed by atoms with Gasteiger partial charge in [-0.2, -0.15) is 13.2 Å². The van der Waals surface area contributed by atoms with Crippen molar-refractivity contribution in [2.24, 2.45) is 11.3 Å². The van der Waals surface area contributed by atoms with E-state index in [1.165, 1.54) is 12.1 Å². The number of allylic oxidation sites excluding steroid dienone is 1. The molecule has 2 N–H and O–H groups in total. The largest absolute Gasteiger partial charge is 0.492 e. The number of fused-ring (bicyclic) bond motifs is 1. The second-order valence-electron chi connectivity index (χ2n) is 8.69. The second kappa shape index (κ2) is 9.05. The maximum Gasteiger partial charge on any atom is 0.416 e. The number of hydrogen-bond donors (Lipinski definition) is 2. The van der Waals surface area contributed by atoms with Crippen LogP contribution >= 0.6 is 11.8 Å². The van der Waals surface area contributed by atoms with Gasteiger partial charge in [0.2, 0.25) is 0 Å². The molecule has 32 heavy (non-hydrogen) atoms. The van der Waals surface area contributed by atoms with Gasteiger partial charge >= 0.3 is 12.1 Å². The van der Waals surface area contributed by atoms with Crippen molar-refractivity contribution in [3.05, 3.63) is 70.4 Å². The number of carbonyl (C=O) groups is 2. The van der Waals surface area contributed by atoms with Gasteiger partial charge in [0.15, 0.2) is 0 Å². The highest BCUT2D eigenvalue weighted by atomic mass is 32.2. The minimum atomic E-state index is -4.42. The van der Waals surface area contributed by atoms with E-state index in [1.54, 1.807) is 38.6 Å². The van der Waals surface area contributed by atoms with Crippen molar-refractivity contribution < 1.29 is 32.6 Å². The Morgan fingerprint density at radius 3 is 2.38 bits per heavy atom. The van der Waals surface area contributed by atoms with Gasteiger partial charge in [-0.05, 0) is 34.6 Å². The van der Waals surface area contributed by atoms with Crippen molar-refractivity contribution in [1.29, 1.82) is 0 Å². The van der Waals surface area contributed by atoms with Crippen molar-refractivity contribution in [3.8, 4) is 0 Å². The van der Waals surface area contributed by atoms with Crippen LogP contribution in [0.3, 0.4) is 0 Å². The number of halogens is 3. The Morgan fingerprint density at radius 2 is 1.81 bits per heavy atom. The van der Waals surface area contributed by atoms with Crippen LogP contribution < -0.4 is 5.32 Å². The summed E-state index contributed by atoms with van der Waals surface area (Å²) in [6, 6.07) is 3.52. The third kappa shape index (κ3) is 5.38. The number of rotatable bonds is 6. The molecule has 0 aromatic heterocycles. The van der Waals surface area contributed by atoms with Gasteiger partial charge in [0, 0.05) is 5.25 Å². The zero-order valence-electron chi connectivity index (χ0n) is 17.8. The Balaban J connectivity index is 1.84. The number of carboxylic acids is 1. The molecule has 3 rings (SSSR count). The van der Waals surface area contributed by atoms with Crippen LogP contribution in [0.4, 0.5) is 13.2 Å². The fourth-order valence-electron chi connectivity index (χ4n) is 3.44. The van der Waals surface area contributed by atoms with Gasteiger partial charge in [-0.25, -0.2) is 4.79 Å². The van der Waals surface area contributed by atoms with Crippen LogP contribution in [0, 0.1) is 11.3 Å². The number of carboxylic acid groups (broad SMARTS) is 1. The van der Waals surface area contributed by atoms with E-state index in [0.29, 0.717) is 11.3 Å². The summed E-state index contributed by atoms with van der Waals surface area (Å²) in [5, 5.41) is 14.0. The summed E-state index contributed by atoms with van der Waals surface area (Å²) in [6.45, 7) is 5.12. The van der Waals surface area contributed by atoms with Crippen LogP contribution in [0.25, 0.3) is 0 Å². The number of carbonyl (C=O) groups excluding carboxylic acids is 1. The molecule has 1 aromatic rings. The molecule has 2 aliphatic rings. The van der Waals surface area contributed by atoms with Crippen LogP contribution in [0.2, 0.25) is 0 Å². The monoisotopic (exact) mass is 467 g/mol. The summed E-state index contributed by atoms with van der Waals surface area (Å²) in [5.74, 6) is -1.57. The number of thioether (sulfide) groups is 1. The molecule has 172 valence electrons. The molecule has 2 unspecified atom stereocenters. The molecule has 1 heterocycles. The molecule has 1 aliphatic heterocycles. The third-order valence-electron chi connectivity index (χ3n) is 5.20. The van der Waals surface area contributed by atoms with Crippen LogP contribution in [0.15, 0.2) is 59.2 Å². The summed E-state index contributed by atoms with van der Waals surface area (Å²) < 4.78 is 44.3. The normalized spacial score (nSPS) is 21.3. The number of amides is 1. The lowest BCUT2D eigenvalue weighted by atomic mass is 9.86. The predicted molar refractivity (Wildman–Crippen MR) is 115 cm³/mol. The molecule has 3 atom stereocenters. The Bertz CT molecular complexity index is 974. The lowest BCUT2D eigenvalue weighted by molar-refractivity contribution is -0.144.